The van der Waals surface area contributed by atoms with E-state index in [0.29, 0.717) is 46.6 Å². The van der Waals surface area contributed by atoms with Gasteiger partial charge in [0.2, 0.25) is 0 Å². The molecule has 1 atom stereocenters. The molecule has 6 rings (SSSR count). The number of hydrogen-bond donors (Lipinski definition) is 3. The largest absolute Gasteiger partial charge is 0.493 e. The van der Waals surface area contributed by atoms with Crippen LogP contribution in [0.25, 0.3) is 16.6 Å². The lowest BCUT2D eigenvalue weighted by molar-refractivity contribution is -0.142. The first-order valence-corrected chi connectivity index (χ1v) is 16.5. The molecular formula is C38H38FN5O8. The number of anilines is 1. The second-order valence-corrected chi connectivity index (χ2v) is 13.7. The molecule has 0 bridgehead atoms. The molecule has 2 aromatic heterocycles. The molecule has 14 heteroatoms. The number of ether oxygens (including phenoxy) is 3. The molecule has 0 spiro atoms. The molecule has 1 saturated carbocycles. The van der Waals surface area contributed by atoms with Gasteiger partial charge in [-0.25, -0.2) is 18.7 Å². The van der Waals surface area contributed by atoms with Crippen LogP contribution < -0.4 is 25.7 Å². The van der Waals surface area contributed by atoms with Crippen LogP contribution in [0.4, 0.5) is 14.9 Å². The van der Waals surface area contributed by atoms with Crippen LogP contribution in [0.1, 0.15) is 49.7 Å². The van der Waals surface area contributed by atoms with Gasteiger partial charge < -0.3 is 30.0 Å². The Bertz CT molecular complexity index is 2240. The summed E-state index contributed by atoms with van der Waals surface area (Å²) < 4.78 is 35.5. The van der Waals surface area contributed by atoms with E-state index in [4.69, 9.17) is 14.2 Å². The summed E-state index contributed by atoms with van der Waals surface area (Å²) in [7, 11) is 1.68. The van der Waals surface area contributed by atoms with Crippen molar-refractivity contribution < 1.29 is 38.1 Å². The molecule has 0 saturated heterocycles. The third kappa shape index (κ3) is 7.45. The summed E-state index contributed by atoms with van der Waals surface area (Å²) in [6.45, 7) is 6.76. The minimum Gasteiger partial charge on any atom is -0.493 e. The minimum absolute atomic E-state index is 0.0303. The van der Waals surface area contributed by atoms with Crippen LogP contribution in [0.15, 0.2) is 83.8 Å². The number of carbonyl (C=O) groups excluding carboxylic acids is 2. The van der Waals surface area contributed by atoms with Crippen molar-refractivity contribution >= 4 is 34.6 Å². The monoisotopic (exact) mass is 711 g/mol. The number of carboxylic acids is 1. The number of fused-ring (bicyclic) bond motifs is 1. The molecule has 52 heavy (non-hydrogen) atoms. The van der Waals surface area contributed by atoms with Gasteiger partial charge in [0.1, 0.15) is 28.7 Å². The topological polar surface area (TPSA) is 163 Å². The molecule has 2 heterocycles. The van der Waals surface area contributed by atoms with E-state index in [1.165, 1.54) is 23.0 Å². The number of aliphatic carboxylic acids is 1. The highest BCUT2D eigenvalue weighted by Crippen LogP contribution is 2.49. The standard InChI is InChI=1S/C38H38FN5O8/c1-22-31(34(46)44(43(22)5)24-9-7-6-8-10-24)33(45)41-23-11-14-30(27(39)19-23)51-29-15-18-40-28-20-25(12-13-26(28)29)50-21-38(16-17-38)32(35(47)48)42-36(49)52-37(2,3)4/h6-15,18-20,32H,16-17,21H2,1-5H3,(H,41,45)(H,42,49)(H,47,48). The zero-order valence-corrected chi connectivity index (χ0v) is 29.2. The number of carbonyl (C=O) groups is 3. The number of amides is 2. The van der Waals surface area contributed by atoms with Crippen molar-refractivity contribution in [2.24, 2.45) is 12.5 Å². The third-order valence-electron chi connectivity index (χ3n) is 8.80. The molecule has 270 valence electrons. The van der Waals surface area contributed by atoms with Gasteiger partial charge in [0, 0.05) is 41.9 Å². The van der Waals surface area contributed by atoms with Crippen LogP contribution in [-0.2, 0) is 16.6 Å². The van der Waals surface area contributed by atoms with Crippen molar-refractivity contribution in [3.05, 3.63) is 106 Å². The molecule has 1 aliphatic rings. The fourth-order valence-corrected chi connectivity index (χ4v) is 5.89. The smallest absolute Gasteiger partial charge is 0.408 e. The van der Waals surface area contributed by atoms with E-state index in [0.717, 1.165) is 6.07 Å². The molecule has 3 aromatic carbocycles. The predicted octanol–water partition coefficient (Wildman–Crippen LogP) is 6.35. The fraction of sp³-hybridized carbons (Fsp3) is 0.289. The fourth-order valence-electron chi connectivity index (χ4n) is 5.89. The van der Waals surface area contributed by atoms with Gasteiger partial charge in [0.25, 0.3) is 11.5 Å². The average Bonchev–Trinajstić information content (AvgIpc) is 3.83. The number of alkyl carbamates (subject to hydrolysis) is 1. The molecule has 0 aliphatic heterocycles. The van der Waals surface area contributed by atoms with Crippen LogP contribution in [0.2, 0.25) is 0 Å². The number of nitrogens with zero attached hydrogens (tertiary/aromatic N) is 3. The minimum atomic E-state index is -1.20. The van der Waals surface area contributed by atoms with E-state index in [1.807, 2.05) is 6.07 Å². The number of pyridine rings is 1. The van der Waals surface area contributed by atoms with Crippen molar-refractivity contribution in [2.75, 3.05) is 11.9 Å². The van der Waals surface area contributed by atoms with E-state index in [1.54, 1.807) is 88.0 Å². The highest BCUT2D eigenvalue weighted by Gasteiger charge is 2.54. The van der Waals surface area contributed by atoms with Crippen molar-refractivity contribution in [2.45, 2.75) is 52.2 Å². The van der Waals surface area contributed by atoms with E-state index < -0.39 is 46.4 Å². The first-order valence-electron chi connectivity index (χ1n) is 16.5. The van der Waals surface area contributed by atoms with Crippen LogP contribution in [0.3, 0.4) is 0 Å². The Morgan fingerprint density at radius 3 is 2.40 bits per heavy atom. The molecule has 13 nitrogen and oxygen atoms in total. The number of benzene rings is 3. The van der Waals surface area contributed by atoms with Crippen molar-refractivity contribution in [3.8, 4) is 22.9 Å². The summed E-state index contributed by atoms with van der Waals surface area (Å²) in [4.78, 5) is 55.2. The molecule has 0 radical (unpaired) electrons. The third-order valence-corrected chi connectivity index (χ3v) is 8.80. The Balaban J connectivity index is 1.13. The summed E-state index contributed by atoms with van der Waals surface area (Å²) in [5, 5.41) is 15.5. The predicted molar refractivity (Wildman–Crippen MR) is 190 cm³/mol. The molecular weight excluding hydrogens is 673 g/mol. The lowest BCUT2D eigenvalue weighted by Crippen LogP contribution is -2.50. The number of aromatic nitrogens is 3. The normalized spacial score (nSPS) is 14.0. The second kappa shape index (κ2) is 13.9. The van der Waals surface area contributed by atoms with Gasteiger partial charge in [0.05, 0.1) is 23.5 Å². The number of carboxylic acid groups (broad SMARTS) is 1. The van der Waals surface area contributed by atoms with Crippen LogP contribution in [-0.4, -0.2) is 55.7 Å². The Morgan fingerprint density at radius 2 is 1.75 bits per heavy atom. The van der Waals surface area contributed by atoms with Crippen molar-refractivity contribution in [3.63, 3.8) is 0 Å². The molecule has 1 unspecified atom stereocenters. The Labute approximate surface area is 297 Å². The number of hydrogen-bond acceptors (Lipinski definition) is 8. The Morgan fingerprint density at radius 1 is 1.02 bits per heavy atom. The van der Waals surface area contributed by atoms with Crippen molar-refractivity contribution in [1.29, 1.82) is 0 Å². The lowest BCUT2D eigenvalue weighted by Gasteiger charge is -2.26. The summed E-state index contributed by atoms with van der Waals surface area (Å²) in [5.74, 6) is -2.00. The second-order valence-electron chi connectivity index (χ2n) is 13.7. The Hall–Kier alpha value is -6.18. The highest BCUT2D eigenvalue weighted by atomic mass is 19.1. The van der Waals surface area contributed by atoms with Crippen molar-refractivity contribution in [1.82, 2.24) is 19.7 Å². The quantitative estimate of drug-likeness (QED) is 0.142. The maximum absolute atomic E-state index is 15.3. The lowest BCUT2D eigenvalue weighted by atomic mass is 9.97. The van der Waals surface area contributed by atoms with Crippen LogP contribution in [0.5, 0.6) is 17.2 Å². The highest BCUT2D eigenvalue weighted by molar-refractivity contribution is 6.05. The summed E-state index contributed by atoms with van der Waals surface area (Å²) >= 11 is 0. The van der Waals surface area contributed by atoms with Gasteiger partial charge in [-0.2, -0.15) is 0 Å². The van der Waals surface area contributed by atoms with E-state index >= 15 is 4.39 Å². The first kappa shape index (κ1) is 35.6. The van der Waals surface area contributed by atoms with E-state index in [2.05, 4.69) is 15.6 Å². The maximum Gasteiger partial charge on any atom is 0.408 e. The molecule has 3 N–H and O–H groups in total. The summed E-state index contributed by atoms with van der Waals surface area (Å²) in [6, 6.07) is 18.2. The van der Waals surface area contributed by atoms with E-state index in [-0.39, 0.29) is 23.6 Å². The summed E-state index contributed by atoms with van der Waals surface area (Å²) in [6.07, 6.45) is 1.75. The van der Waals surface area contributed by atoms with Gasteiger partial charge in [0.15, 0.2) is 11.6 Å². The number of halogens is 1. The van der Waals surface area contributed by atoms with E-state index in [9.17, 15) is 24.3 Å². The number of nitrogens with one attached hydrogen (secondary N) is 2. The van der Waals surface area contributed by atoms with Crippen LogP contribution >= 0.6 is 0 Å². The zero-order valence-electron chi connectivity index (χ0n) is 29.2. The molecule has 2 amide bonds. The van der Waals surface area contributed by atoms with Gasteiger partial charge >= 0.3 is 12.1 Å². The Kier molecular flexibility index (Phi) is 9.49. The molecule has 5 aromatic rings. The molecule has 1 aliphatic carbocycles. The number of rotatable bonds is 11. The van der Waals surface area contributed by atoms with Crippen LogP contribution in [0, 0.1) is 18.2 Å². The SMILES string of the molecule is Cc1c(C(=O)Nc2ccc(Oc3ccnc4cc(OCC5(C(NC(=O)OC(C)(C)C)C(=O)O)CC5)ccc34)c(F)c2)c(=O)n(-c2ccccc2)n1C. The molecule has 1 fully saturated rings. The van der Waals surface area contributed by atoms with Gasteiger partial charge in [-0.15, -0.1) is 0 Å². The first-order chi connectivity index (χ1) is 24.7. The maximum atomic E-state index is 15.3. The van der Waals surface area contributed by atoms with Gasteiger partial charge in [-0.05, 0) is 83.0 Å². The average molecular weight is 712 g/mol. The number of para-hydroxylation sites is 1. The summed E-state index contributed by atoms with van der Waals surface area (Å²) in [5.41, 5.74) is -0.513. The van der Waals surface area contributed by atoms with Gasteiger partial charge in [-0.3, -0.25) is 19.3 Å². The van der Waals surface area contributed by atoms with Gasteiger partial charge in [-0.1, -0.05) is 18.2 Å². The zero-order chi connectivity index (χ0) is 37.4.